The first-order chi connectivity index (χ1) is 5.11. The molecular weight excluding hydrogens is 144 g/mol. The Morgan fingerprint density at radius 3 is 2.73 bits per heavy atom. The highest BCUT2D eigenvalue weighted by Crippen LogP contribution is 2.25. The fourth-order valence-corrected chi connectivity index (χ4v) is 1.46. The van der Waals surface area contributed by atoms with Gasteiger partial charge in [0, 0.05) is 12.3 Å². The van der Waals surface area contributed by atoms with Gasteiger partial charge in [0.25, 0.3) is 0 Å². The van der Waals surface area contributed by atoms with Crippen molar-refractivity contribution < 1.29 is 14.7 Å². The van der Waals surface area contributed by atoms with Crippen LogP contribution < -0.4 is 0 Å². The van der Waals surface area contributed by atoms with Gasteiger partial charge in [-0.05, 0) is 12.8 Å². The van der Waals surface area contributed by atoms with Crippen molar-refractivity contribution in [3.05, 3.63) is 0 Å². The molecule has 0 bridgehead atoms. The highest BCUT2D eigenvalue weighted by molar-refractivity contribution is 5.83. The van der Waals surface area contributed by atoms with E-state index in [2.05, 4.69) is 0 Å². The zero-order chi connectivity index (χ0) is 8.43. The van der Waals surface area contributed by atoms with Crippen molar-refractivity contribution in [1.82, 2.24) is 0 Å². The van der Waals surface area contributed by atoms with Gasteiger partial charge < -0.3 is 5.11 Å². The average Bonchev–Trinajstić information content (AvgIpc) is 1.94. The molecule has 1 saturated carbocycles. The summed E-state index contributed by atoms with van der Waals surface area (Å²) in [4.78, 5) is 21.5. The van der Waals surface area contributed by atoms with Crippen LogP contribution in [0.25, 0.3) is 0 Å². The average molecular weight is 156 g/mol. The Hall–Kier alpha value is -0.860. The molecule has 62 valence electrons. The third-order valence-corrected chi connectivity index (χ3v) is 2.28. The summed E-state index contributed by atoms with van der Waals surface area (Å²) in [7, 11) is 0. The van der Waals surface area contributed by atoms with E-state index < -0.39 is 5.97 Å². The topological polar surface area (TPSA) is 54.4 Å². The molecule has 2 atom stereocenters. The first kappa shape index (κ1) is 8.24. The Bertz CT molecular complexity index is 186. The number of carboxylic acid groups (broad SMARTS) is 1. The van der Waals surface area contributed by atoms with E-state index in [-0.39, 0.29) is 17.6 Å². The van der Waals surface area contributed by atoms with Gasteiger partial charge in [-0.1, -0.05) is 6.92 Å². The molecule has 0 saturated heterocycles. The molecule has 1 aliphatic rings. The number of aliphatic carboxylic acids is 1. The Morgan fingerprint density at radius 1 is 1.64 bits per heavy atom. The molecule has 0 aliphatic heterocycles. The number of ketones is 1. The predicted octanol–water partition coefficient (Wildman–Crippen LogP) is 1.08. The second-order valence-corrected chi connectivity index (χ2v) is 3.18. The summed E-state index contributed by atoms with van der Waals surface area (Å²) >= 11 is 0. The lowest BCUT2D eigenvalue weighted by Gasteiger charge is -2.21. The molecule has 1 rings (SSSR count). The normalized spacial score (nSPS) is 31.9. The highest BCUT2D eigenvalue weighted by atomic mass is 16.4. The fraction of sp³-hybridized carbons (Fsp3) is 0.750. The quantitative estimate of drug-likeness (QED) is 0.618. The zero-order valence-corrected chi connectivity index (χ0v) is 6.54. The van der Waals surface area contributed by atoms with E-state index in [0.717, 1.165) is 0 Å². The third kappa shape index (κ3) is 1.79. The largest absolute Gasteiger partial charge is 0.481 e. The Labute approximate surface area is 65.4 Å². The van der Waals surface area contributed by atoms with Crippen LogP contribution in [0.4, 0.5) is 0 Å². The van der Waals surface area contributed by atoms with Gasteiger partial charge in [0.2, 0.25) is 0 Å². The van der Waals surface area contributed by atoms with E-state index in [9.17, 15) is 9.59 Å². The van der Waals surface area contributed by atoms with Gasteiger partial charge in [-0.15, -0.1) is 0 Å². The van der Waals surface area contributed by atoms with Crippen molar-refractivity contribution in [1.29, 1.82) is 0 Å². The van der Waals surface area contributed by atoms with Crippen LogP contribution >= 0.6 is 0 Å². The summed E-state index contributed by atoms with van der Waals surface area (Å²) in [6, 6.07) is 0. The molecule has 1 N–H and O–H groups in total. The first-order valence-electron chi connectivity index (χ1n) is 3.86. The molecule has 0 aromatic carbocycles. The number of hydrogen-bond acceptors (Lipinski definition) is 2. The SMILES string of the molecule is C[C@H]1C[C@@H](C(=O)O)CCC1=O. The number of Topliss-reactive ketones (excluding diaryl/α,β-unsaturated/α-hetero) is 1. The zero-order valence-electron chi connectivity index (χ0n) is 6.54. The van der Waals surface area contributed by atoms with E-state index in [1.807, 2.05) is 0 Å². The van der Waals surface area contributed by atoms with Gasteiger partial charge in [-0.2, -0.15) is 0 Å². The standard InChI is InChI=1S/C8H12O3/c1-5-4-6(8(10)11)2-3-7(5)9/h5-6H,2-4H2,1H3,(H,10,11)/t5-,6-/m0/s1. The Kier molecular flexibility index (Phi) is 2.27. The van der Waals surface area contributed by atoms with Crippen molar-refractivity contribution >= 4 is 11.8 Å². The van der Waals surface area contributed by atoms with Crippen molar-refractivity contribution in [3.63, 3.8) is 0 Å². The van der Waals surface area contributed by atoms with Crippen LogP contribution in [0.15, 0.2) is 0 Å². The molecule has 0 radical (unpaired) electrons. The summed E-state index contributed by atoms with van der Waals surface area (Å²) in [6.07, 6.45) is 1.49. The van der Waals surface area contributed by atoms with Gasteiger partial charge in [0.05, 0.1) is 5.92 Å². The number of rotatable bonds is 1. The summed E-state index contributed by atoms with van der Waals surface area (Å²) in [5.74, 6) is -0.889. The van der Waals surface area contributed by atoms with Gasteiger partial charge >= 0.3 is 5.97 Å². The van der Waals surface area contributed by atoms with Crippen molar-refractivity contribution in [2.24, 2.45) is 11.8 Å². The number of carboxylic acids is 1. The maximum absolute atomic E-state index is 11.0. The second-order valence-electron chi connectivity index (χ2n) is 3.18. The fourth-order valence-electron chi connectivity index (χ4n) is 1.46. The molecule has 1 aliphatic carbocycles. The van der Waals surface area contributed by atoms with E-state index in [0.29, 0.717) is 19.3 Å². The van der Waals surface area contributed by atoms with Crippen LogP contribution in [-0.4, -0.2) is 16.9 Å². The number of carbonyl (C=O) groups is 2. The van der Waals surface area contributed by atoms with Gasteiger partial charge in [-0.25, -0.2) is 0 Å². The van der Waals surface area contributed by atoms with Crippen LogP contribution in [0.5, 0.6) is 0 Å². The molecular formula is C8H12O3. The lowest BCUT2D eigenvalue weighted by molar-refractivity contribution is -0.144. The van der Waals surface area contributed by atoms with Gasteiger partial charge in [0.15, 0.2) is 0 Å². The highest BCUT2D eigenvalue weighted by Gasteiger charge is 2.29. The van der Waals surface area contributed by atoms with Crippen molar-refractivity contribution in [2.75, 3.05) is 0 Å². The maximum atomic E-state index is 11.0. The summed E-state index contributed by atoms with van der Waals surface area (Å²) in [5.41, 5.74) is 0. The predicted molar refractivity (Wildman–Crippen MR) is 39.1 cm³/mol. The van der Waals surface area contributed by atoms with Crippen LogP contribution in [0.1, 0.15) is 26.2 Å². The van der Waals surface area contributed by atoms with E-state index in [1.54, 1.807) is 6.92 Å². The molecule has 0 spiro atoms. The summed E-state index contributed by atoms with van der Waals surface area (Å²) in [6.45, 7) is 1.80. The molecule has 0 amide bonds. The maximum Gasteiger partial charge on any atom is 0.306 e. The second kappa shape index (κ2) is 3.03. The summed E-state index contributed by atoms with van der Waals surface area (Å²) in [5, 5.41) is 8.63. The molecule has 0 heterocycles. The van der Waals surface area contributed by atoms with Crippen LogP contribution in [-0.2, 0) is 9.59 Å². The molecule has 3 nitrogen and oxygen atoms in total. The number of carbonyl (C=O) groups excluding carboxylic acids is 1. The van der Waals surface area contributed by atoms with Crippen molar-refractivity contribution in [3.8, 4) is 0 Å². The van der Waals surface area contributed by atoms with Crippen LogP contribution in [0, 0.1) is 11.8 Å². The van der Waals surface area contributed by atoms with Crippen LogP contribution in [0.3, 0.4) is 0 Å². The van der Waals surface area contributed by atoms with Gasteiger partial charge in [-0.3, -0.25) is 9.59 Å². The monoisotopic (exact) mass is 156 g/mol. The molecule has 3 heteroatoms. The third-order valence-electron chi connectivity index (χ3n) is 2.28. The minimum absolute atomic E-state index is 0.0511. The lowest BCUT2D eigenvalue weighted by Crippen LogP contribution is -2.27. The van der Waals surface area contributed by atoms with E-state index in [1.165, 1.54) is 0 Å². The lowest BCUT2D eigenvalue weighted by atomic mass is 9.82. The van der Waals surface area contributed by atoms with Gasteiger partial charge in [0.1, 0.15) is 5.78 Å². The molecule has 0 aromatic heterocycles. The first-order valence-corrected chi connectivity index (χ1v) is 3.86. The molecule has 0 aromatic rings. The Balaban J connectivity index is 2.52. The summed E-state index contributed by atoms with van der Waals surface area (Å²) < 4.78 is 0. The Morgan fingerprint density at radius 2 is 2.27 bits per heavy atom. The van der Waals surface area contributed by atoms with E-state index in [4.69, 9.17) is 5.11 Å². The minimum atomic E-state index is -0.760. The van der Waals surface area contributed by atoms with Crippen molar-refractivity contribution in [2.45, 2.75) is 26.2 Å². The van der Waals surface area contributed by atoms with Crippen LogP contribution in [0.2, 0.25) is 0 Å². The van der Waals surface area contributed by atoms with E-state index >= 15 is 0 Å². The smallest absolute Gasteiger partial charge is 0.306 e. The number of hydrogen-bond donors (Lipinski definition) is 1. The molecule has 11 heavy (non-hydrogen) atoms. The molecule has 0 unspecified atom stereocenters. The minimum Gasteiger partial charge on any atom is -0.481 e. The molecule has 1 fully saturated rings.